The van der Waals surface area contributed by atoms with E-state index in [9.17, 15) is 9.59 Å². The van der Waals surface area contributed by atoms with Crippen molar-refractivity contribution < 1.29 is 0 Å². The van der Waals surface area contributed by atoms with Gasteiger partial charge in [0, 0.05) is 6.54 Å². The van der Waals surface area contributed by atoms with Gasteiger partial charge in [0.1, 0.15) is 5.82 Å². The van der Waals surface area contributed by atoms with Gasteiger partial charge in [0.2, 0.25) is 0 Å². The lowest BCUT2D eigenvalue weighted by Gasteiger charge is -2.18. The molecular weight excluding hydrogens is 432 g/mol. The van der Waals surface area contributed by atoms with Gasteiger partial charge in [0.15, 0.2) is 5.16 Å². The standard InChI is InChI=1S/C26H26N4O2S/c1-17(23-27-21-13-7-5-11-19(21)24(31)29-23)33-26-28-22-14-8-6-12-20(22)25(32)30(26)16-15-18-9-3-2-4-10-18/h5-9,11-14,17H,2-4,10,15-16H2,1H3,(H,27,29,31). The molecule has 7 heteroatoms. The van der Waals surface area contributed by atoms with E-state index < -0.39 is 0 Å². The van der Waals surface area contributed by atoms with Crippen molar-refractivity contribution in [2.45, 2.75) is 56.0 Å². The highest BCUT2D eigenvalue weighted by Crippen LogP contribution is 2.32. The lowest BCUT2D eigenvalue weighted by molar-refractivity contribution is 0.568. The molecule has 0 aliphatic heterocycles. The number of nitrogens with zero attached hydrogens (tertiary/aromatic N) is 3. The molecule has 33 heavy (non-hydrogen) atoms. The molecule has 1 atom stereocenters. The number of rotatable bonds is 6. The molecule has 2 aromatic carbocycles. The van der Waals surface area contributed by atoms with E-state index in [0.717, 1.165) is 19.3 Å². The van der Waals surface area contributed by atoms with Crippen molar-refractivity contribution in [3.8, 4) is 0 Å². The predicted molar refractivity (Wildman–Crippen MR) is 134 cm³/mol. The molecule has 0 saturated carbocycles. The van der Waals surface area contributed by atoms with Crippen LogP contribution in [0.3, 0.4) is 0 Å². The van der Waals surface area contributed by atoms with Crippen LogP contribution >= 0.6 is 11.8 Å². The second kappa shape index (κ2) is 9.35. The number of fused-ring (bicyclic) bond motifs is 2. The van der Waals surface area contributed by atoms with Crippen molar-refractivity contribution >= 4 is 33.6 Å². The third-order valence-electron chi connectivity index (χ3n) is 6.17. The van der Waals surface area contributed by atoms with E-state index in [0.29, 0.717) is 39.3 Å². The fraction of sp³-hybridized carbons (Fsp3) is 0.308. The summed E-state index contributed by atoms with van der Waals surface area (Å²) in [5, 5.41) is 1.67. The Labute approximate surface area is 195 Å². The van der Waals surface area contributed by atoms with E-state index in [1.165, 1.54) is 30.2 Å². The van der Waals surface area contributed by atoms with Crippen molar-refractivity contribution in [2.24, 2.45) is 0 Å². The summed E-state index contributed by atoms with van der Waals surface area (Å²) in [5.74, 6) is 0.577. The molecule has 1 aliphatic carbocycles. The molecule has 2 aromatic heterocycles. The molecule has 0 fully saturated rings. The molecule has 168 valence electrons. The third-order valence-corrected chi connectivity index (χ3v) is 7.27. The van der Waals surface area contributed by atoms with Crippen LogP contribution in [0, 0.1) is 0 Å². The van der Waals surface area contributed by atoms with Crippen LogP contribution in [-0.4, -0.2) is 19.5 Å². The van der Waals surface area contributed by atoms with Gasteiger partial charge in [-0.05, 0) is 63.3 Å². The van der Waals surface area contributed by atoms with Gasteiger partial charge in [-0.1, -0.05) is 47.7 Å². The summed E-state index contributed by atoms with van der Waals surface area (Å²) in [5.41, 5.74) is 2.59. The maximum absolute atomic E-state index is 13.4. The number of para-hydroxylation sites is 2. The van der Waals surface area contributed by atoms with Crippen LogP contribution in [-0.2, 0) is 6.54 Å². The van der Waals surface area contributed by atoms with Crippen LogP contribution in [0.4, 0.5) is 0 Å². The first kappa shape index (κ1) is 21.6. The Morgan fingerprint density at radius 1 is 1.00 bits per heavy atom. The van der Waals surface area contributed by atoms with Crippen LogP contribution in [0.2, 0.25) is 0 Å². The van der Waals surface area contributed by atoms with Crippen LogP contribution in [0.25, 0.3) is 21.8 Å². The van der Waals surface area contributed by atoms with Crippen LogP contribution in [0.15, 0.2) is 74.9 Å². The van der Waals surface area contributed by atoms with Crippen molar-refractivity contribution in [3.63, 3.8) is 0 Å². The smallest absolute Gasteiger partial charge is 0.262 e. The average molecular weight is 459 g/mol. The highest BCUT2D eigenvalue weighted by Gasteiger charge is 2.18. The molecule has 0 radical (unpaired) electrons. The van der Waals surface area contributed by atoms with E-state index in [2.05, 4.69) is 16.0 Å². The SMILES string of the molecule is CC(Sc1nc2ccccc2c(=O)n1CCC1=CCCCC1)c1nc2ccccc2c(=O)[nH]1. The Morgan fingerprint density at radius 3 is 2.48 bits per heavy atom. The molecule has 0 spiro atoms. The monoisotopic (exact) mass is 458 g/mol. The second-order valence-corrected chi connectivity index (χ2v) is 9.76. The Hall–Kier alpha value is -3.19. The second-order valence-electron chi connectivity index (χ2n) is 8.45. The molecule has 1 N–H and O–H groups in total. The largest absolute Gasteiger partial charge is 0.309 e. The summed E-state index contributed by atoms with van der Waals surface area (Å²) in [4.78, 5) is 38.3. The van der Waals surface area contributed by atoms with Crippen LogP contribution in [0.5, 0.6) is 0 Å². The first-order valence-electron chi connectivity index (χ1n) is 11.4. The van der Waals surface area contributed by atoms with E-state index in [1.807, 2.05) is 49.4 Å². The summed E-state index contributed by atoms with van der Waals surface area (Å²) in [7, 11) is 0. The van der Waals surface area contributed by atoms with Crippen molar-refractivity contribution in [2.75, 3.05) is 0 Å². The highest BCUT2D eigenvalue weighted by molar-refractivity contribution is 7.99. The van der Waals surface area contributed by atoms with E-state index in [1.54, 1.807) is 10.6 Å². The van der Waals surface area contributed by atoms with Gasteiger partial charge in [0.25, 0.3) is 11.1 Å². The summed E-state index contributed by atoms with van der Waals surface area (Å²) in [6.45, 7) is 2.58. The number of thioether (sulfide) groups is 1. The highest BCUT2D eigenvalue weighted by atomic mass is 32.2. The predicted octanol–water partition coefficient (Wildman–Crippen LogP) is 5.38. The number of hydrogen-bond acceptors (Lipinski definition) is 5. The molecule has 6 nitrogen and oxygen atoms in total. The molecule has 0 saturated heterocycles. The Morgan fingerprint density at radius 2 is 1.73 bits per heavy atom. The summed E-state index contributed by atoms with van der Waals surface area (Å²) < 4.78 is 1.79. The molecule has 5 rings (SSSR count). The summed E-state index contributed by atoms with van der Waals surface area (Å²) >= 11 is 1.46. The minimum absolute atomic E-state index is 0.0216. The lowest BCUT2D eigenvalue weighted by Crippen LogP contribution is -2.24. The number of nitrogens with one attached hydrogen (secondary N) is 1. The molecule has 1 aliphatic rings. The molecule has 0 bridgehead atoms. The van der Waals surface area contributed by atoms with Gasteiger partial charge >= 0.3 is 0 Å². The Balaban J connectivity index is 1.51. The van der Waals surface area contributed by atoms with Gasteiger partial charge in [-0.2, -0.15) is 0 Å². The van der Waals surface area contributed by atoms with Crippen molar-refractivity contribution in [1.82, 2.24) is 19.5 Å². The van der Waals surface area contributed by atoms with Crippen molar-refractivity contribution in [3.05, 3.63) is 86.7 Å². The van der Waals surface area contributed by atoms with Gasteiger partial charge in [-0.3, -0.25) is 14.2 Å². The van der Waals surface area contributed by atoms with Gasteiger partial charge in [0.05, 0.1) is 27.1 Å². The first-order chi connectivity index (χ1) is 16.1. The fourth-order valence-corrected chi connectivity index (χ4v) is 5.32. The zero-order valence-corrected chi connectivity index (χ0v) is 19.4. The first-order valence-corrected chi connectivity index (χ1v) is 12.3. The fourth-order valence-electron chi connectivity index (χ4n) is 4.33. The number of benzene rings is 2. The summed E-state index contributed by atoms with van der Waals surface area (Å²) in [6.07, 6.45) is 7.87. The lowest BCUT2D eigenvalue weighted by atomic mass is 9.97. The molecule has 0 amide bonds. The molecule has 4 aromatic rings. The van der Waals surface area contributed by atoms with Gasteiger partial charge in [-0.25, -0.2) is 9.97 Å². The van der Waals surface area contributed by atoms with E-state index in [4.69, 9.17) is 4.98 Å². The van der Waals surface area contributed by atoms with E-state index >= 15 is 0 Å². The summed E-state index contributed by atoms with van der Waals surface area (Å²) in [6, 6.07) is 14.8. The minimum Gasteiger partial charge on any atom is -0.309 e. The molecule has 2 heterocycles. The van der Waals surface area contributed by atoms with Crippen LogP contribution < -0.4 is 11.1 Å². The maximum atomic E-state index is 13.4. The zero-order chi connectivity index (χ0) is 22.8. The molecule has 1 unspecified atom stereocenters. The third kappa shape index (κ3) is 4.50. The van der Waals surface area contributed by atoms with E-state index in [-0.39, 0.29) is 16.4 Å². The molecular formula is C26H26N4O2S. The normalized spacial score (nSPS) is 15.0. The van der Waals surface area contributed by atoms with Gasteiger partial charge in [-0.15, -0.1) is 0 Å². The number of aromatic amines is 1. The Bertz CT molecular complexity index is 1470. The zero-order valence-electron chi connectivity index (χ0n) is 18.6. The minimum atomic E-state index is -0.185. The maximum Gasteiger partial charge on any atom is 0.262 e. The van der Waals surface area contributed by atoms with Crippen molar-refractivity contribution in [1.29, 1.82) is 0 Å². The Kier molecular flexibility index (Phi) is 6.13. The number of allylic oxidation sites excluding steroid dienone is 2. The topological polar surface area (TPSA) is 80.6 Å². The number of hydrogen-bond donors (Lipinski definition) is 1. The average Bonchev–Trinajstić information content (AvgIpc) is 2.84. The van der Waals surface area contributed by atoms with Gasteiger partial charge < -0.3 is 4.98 Å². The number of H-pyrrole nitrogens is 1. The quantitative estimate of drug-likeness (QED) is 0.238. The van der Waals surface area contributed by atoms with Crippen LogP contribution in [0.1, 0.15) is 50.1 Å². The number of aromatic nitrogens is 4.